The van der Waals surface area contributed by atoms with Crippen molar-refractivity contribution in [2.45, 2.75) is 6.18 Å². The van der Waals surface area contributed by atoms with Crippen LogP contribution in [0.2, 0.25) is 0 Å². The minimum absolute atomic E-state index is 0.00447. The minimum atomic E-state index is -4.59. The molecule has 2 heterocycles. The van der Waals surface area contributed by atoms with Gasteiger partial charge in [-0.3, -0.25) is 4.98 Å². The number of aromatic nitrogens is 2. The molecule has 0 atom stereocenters. The van der Waals surface area contributed by atoms with Gasteiger partial charge in [-0.1, -0.05) is 0 Å². The number of rotatable bonds is 2. The predicted molar refractivity (Wildman–Crippen MR) is 51.7 cm³/mol. The molecule has 0 aliphatic heterocycles. The standard InChI is InChI=1S/C10H5F3N2O3/c11-10(12,13)7-3-5(1-2-14-7)8-15-6(4-18-8)9(16)17/h1-4H,(H,16,17). The number of pyridine rings is 1. The van der Waals surface area contributed by atoms with Crippen LogP contribution in [-0.2, 0) is 6.18 Å². The normalized spacial score (nSPS) is 11.5. The molecule has 2 aromatic heterocycles. The third-order valence-electron chi connectivity index (χ3n) is 2.02. The van der Waals surface area contributed by atoms with Gasteiger partial charge in [0.15, 0.2) is 5.69 Å². The van der Waals surface area contributed by atoms with Gasteiger partial charge in [0, 0.05) is 11.8 Å². The molecule has 0 saturated carbocycles. The first kappa shape index (κ1) is 12.1. The lowest BCUT2D eigenvalue weighted by molar-refractivity contribution is -0.141. The summed E-state index contributed by atoms with van der Waals surface area (Å²) in [5.41, 5.74) is -1.48. The molecule has 0 aliphatic rings. The topological polar surface area (TPSA) is 76.2 Å². The number of hydrogen-bond donors (Lipinski definition) is 1. The monoisotopic (exact) mass is 258 g/mol. The Labute approximate surface area is 97.9 Å². The van der Waals surface area contributed by atoms with E-state index in [4.69, 9.17) is 9.52 Å². The second kappa shape index (κ2) is 4.13. The highest BCUT2D eigenvalue weighted by atomic mass is 19.4. The lowest BCUT2D eigenvalue weighted by Gasteiger charge is -2.05. The van der Waals surface area contributed by atoms with Crippen LogP contribution in [0.5, 0.6) is 0 Å². The van der Waals surface area contributed by atoms with Gasteiger partial charge in [0.05, 0.1) is 0 Å². The molecular formula is C10H5F3N2O3. The Hall–Kier alpha value is -2.38. The number of hydrogen-bond acceptors (Lipinski definition) is 4. The summed E-state index contributed by atoms with van der Waals surface area (Å²) in [4.78, 5) is 17.3. The first-order valence-corrected chi connectivity index (χ1v) is 4.60. The Balaban J connectivity index is 2.41. The van der Waals surface area contributed by atoms with Crippen molar-refractivity contribution in [1.29, 1.82) is 0 Å². The molecule has 5 nitrogen and oxygen atoms in total. The zero-order valence-electron chi connectivity index (χ0n) is 8.60. The molecule has 0 radical (unpaired) electrons. The Morgan fingerprint density at radius 2 is 2.11 bits per heavy atom. The van der Waals surface area contributed by atoms with Gasteiger partial charge < -0.3 is 9.52 Å². The average molecular weight is 258 g/mol. The van der Waals surface area contributed by atoms with Crippen molar-refractivity contribution < 1.29 is 27.5 Å². The zero-order chi connectivity index (χ0) is 13.3. The quantitative estimate of drug-likeness (QED) is 0.895. The molecule has 0 aliphatic carbocycles. The molecule has 0 amide bonds. The van der Waals surface area contributed by atoms with Crippen molar-refractivity contribution in [3.63, 3.8) is 0 Å². The molecule has 0 aromatic carbocycles. The van der Waals surface area contributed by atoms with Crippen LogP contribution >= 0.6 is 0 Å². The molecule has 0 unspecified atom stereocenters. The van der Waals surface area contributed by atoms with Crippen molar-refractivity contribution in [2.24, 2.45) is 0 Å². The maximum absolute atomic E-state index is 12.4. The average Bonchev–Trinajstić information content (AvgIpc) is 2.77. The van der Waals surface area contributed by atoms with E-state index in [2.05, 4.69) is 9.97 Å². The SMILES string of the molecule is O=C(O)c1coc(-c2ccnc(C(F)(F)F)c2)n1. The van der Waals surface area contributed by atoms with Crippen molar-refractivity contribution in [2.75, 3.05) is 0 Å². The van der Waals surface area contributed by atoms with Gasteiger partial charge in [0.1, 0.15) is 12.0 Å². The van der Waals surface area contributed by atoms with Gasteiger partial charge in [-0.05, 0) is 12.1 Å². The van der Waals surface area contributed by atoms with Crippen LogP contribution in [0.4, 0.5) is 13.2 Å². The Kier molecular flexibility index (Phi) is 2.77. The minimum Gasteiger partial charge on any atom is -0.476 e. The van der Waals surface area contributed by atoms with E-state index in [0.29, 0.717) is 0 Å². The number of aromatic carboxylic acids is 1. The first-order chi connectivity index (χ1) is 8.38. The smallest absolute Gasteiger partial charge is 0.433 e. The first-order valence-electron chi connectivity index (χ1n) is 4.60. The van der Waals surface area contributed by atoms with Crippen LogP contribution in [0, 0.1) is 0 Å². The van der Waals surface area contributed by atoms with E-state index in [1.807, 2.05) is 0 Å². The van der Waals surface area contributed by atoms with Crippen LogP contribution < -0.4 is 0 Å². The Bertz CT molecular complexity index is 592. The molecule has 1 N–H and O–H groups in total. The second-order valence-electron chi connectivity index (χ2n) is 3.27. The number of carboxylic acid groups (broad SMARTS) is 1. The molecule has 18 heavy (non-hydrogen) atoms. The Morgan fingerprint density at radius 3 is 2.67 bits per heavy atom. The molecule has 0 saturated heterocycles. The highest BCUT2D eigenvalue weighted by Gasteiger charge is 2.32. The summed E-state index contributed by atoms with van der Waals surface area (Å²) in [6.07, 6.45) is -2.79. The molecule has 0 fully saturated rings. The fraction of sp³-hybridized carbons (Fsp3) is 0.100. The van der Waals surface area contributed by atoms with Gasteiger partial charge in [-0.15, -0.1) is 0 Å². The number of carboxylic acids is 1. The number of alkyl halides is 3. The van der Waals surface area contributed by atoms with E-state index in [1.165, 1.54) is 6.07 Å². The molecule has 8 heteroatoms. The highest BCUT2D eigenvalue weighted by molar-refractivity contribution is 5.85. The van der Waals surface area contributed by atoms with Crippen LogP contribution in [0.25, 0.3) is 11.5 Å². The van der Waals surface area contributed by atoms with Crippen LogP contribution in [-0.4, -0.2) is 21.0 Å². The lowest BCUT2D eigenvalue weighted by Crippen LogP contribution is -2.07. The van der Waals surface area contributed by atoms with Crippen molar-refractivity contribution in [3.05, 3.63) is 36.0 Å². The second-order valence-corrected chi connectivity index (χ2v) is 3.27. The van der Waals surface area contributed by atoms with Crippen molar-refractivity contribution in [1.82, 2.24) is 9.97 Å². The van der Waals surface area contributed by atoms with Crippen molar-refractivity contribution in [3.8, 4) is 11.5 Å². The van der Waals surface area contributed by atoms with E-state index < -0.39 is 17.8 Å². The molecule has 0 bridgehead atoms. The summed E-state index contributed by atoms with van der Waals surface area (Å²) in [7, 11) is 0. The van der Waals surface area contributed by atoms with E-state index in [1.54, 1.807) is 0 Å². The van der Waals surface area contributed by atoms with Crippen LogP contribution in [0.1, 0.15) is 16.2 Å². The lowest BCUT2D eigenvalue weighted by atomic mass is 10.2. The van der Waals surface area contributed by atoms with Gasteiger partial charge in [-0.2, -0.15) is 13.2 Å². The molecule has 94 valence electrons. The summed E-state index contributed by atoms with van der Waals surface area (Å²) in [5, 5.41) is 8.61. The molecule has 0 spiro atoms. The fourth-order valence-corrected chi connectivity index (χ4v) is 1.22. The maximum Gasteiger partial charge on any atom is 0.433 e. The fourth-order valence-electron chi connectivity index (χ4n) is 1.22. The van der Waals surface area contributed by atoms with Gasteiger partial charge in [-0.25, -0.2) is 9.78 Å². The zero-order valence-corrected chi connectivity index (χ0v) is 8.60. The van der Waals surface area contributed by atoms with Crippen LogP contribution in [0.3, 0.4) is 0 Å². The maximum atomic E-state index is 12.4. The summed E-state index contributed by atoms with van der Waals surface area (Å²) >= 11 is 0. The number of carbonyl (C=O) groups is 1. The molecular weight excluding hydrogens is 253 g/mol. The summed E-state index contributed by atoms with van der Waals surface area (Å²) < 4.78 is 42.0. The van der Waals surface area contributed by atoms with E-state index in [-0.39, 0.29) is 17.1 Å². The highest BCUT2D eigenvalue weighted by Crippen LogP contribution is 2.30. The third kappa shape index (κ3) is 2.31. The summed E-state index contributed by atoms with van der Waals surface area (Å²) in [6, 6.07) is 1.98. The molecule has 2 aromatic rings. The van der Waals surface area contributed by atoms with E-state index in [0.717, 1.165) is 18.5 Å². The van der Waals surface area contributed by atoms with Gasteiger partial charge in [0.25, 0.3) is 0 Å². The summed E-state index contributed by atoms with van der Waals surface area (Å²) in [6.45, 7) is 0. The van der Waals surface area contributed by atoms with Gasteiger partial charge >= 0.3 is 12.1 Å². The molecule has 2 rings (SSSR count). The predicted octanol–water partition coefficient (Wildman–Crippen LogP) is 2.45. The van der Waals surface area contributed by atoms with Crippen molar-refractivity contribution >= 4 is 5.97 Å². The third-order valence-corrected chi connectivity index (χ3v) is 2.02. The summed E-state index contributed by atoms with van der Waals surface area (Å²) in [5.74, 6) is -1.53. The number of halogens is 3. The van der Waals surface area contributed by atoms with Crippen LogP contribution in [0.15, 0.2) is 29.0 Å². The van der Waals surface area contributed by atoms with E-state index in [9.17, 15) is 18.0 Å². The van der Waals surface area contributed by atoms with E-state index >= 15 is 0 Å². The Morgan fingerprint density at radius 1 is 1.39 bits per heavy atom. The number of oxazole rings is 1. The number of nitrogens with zero attached hydrogens (tertiary/aromatic N) is 2. The largest absolute Gasteiger partial charge is 0.476 e. The van der Waals surface area contributed by atoms with Gasteiger partial charge in [0.2, 0.25) is 5.89 Å².